The van der Waals surface area contributed by atoms with Crippen molar-refractivity contribution in [2.45, 2.75) is 6.42 Å². The number of carboxylic acids is 1. The number of aromatic carboxylic acids is 1. The average Bonchev–Trinajstić information content (AvgIpc) is 3.07. The van der Waals surface area contributed by atoms with E-state index >= 15 is 0 Å². The third kappa shape index (κ3) is 3.12. The summed E-state index contributed by atoms with van der Waals surface area (Å²) in [6, 6.07) is 16.8. The van der Waals surface area contributed by atoms with Crippen molar-refractivity contribution in [3.05, 3.63) is 83.8 Å². The molecule has 0 saturated carbocycles. The molecule has 0 spiro atoms. The standard InChI is InChI=1S/C20H16N4O2/c25-20(26)14-7-4-8-16(10-14)24-19-17-15(9-13-5-2-1-3-6-13)11-21-18(17)22-12-23-19/h1-8,10-12H,9H2,(H,25,26)(H2,21,22,23,24). The Labute approximate surface area is 149 Å². The van der Waals surface area contributed by atoms with Crippen LogP contribution in [0.4, 0.5) is 11.5 Å². The molecule has 0 aliphatic carbocycles. The van der Waals surface area contributed by atoms with E-state index in [1.54, 1.807) is 18.2 Å². The maximum absolute atomic E-state index is 11.2. The van der Waals surface area contributed by atoms with Crippen molar-refractivity contribution in [1.82, 2.24) is 15.0 Å². The van der Waals surface area contributed by atoms with E-state index < -0.39 is 5.97 Å². The zero-order valence-corrected chi connectivity index (χ0v) is 13.8. The molecule has 0 saturated heterocycles. The highest BCUT2D eigenvalue weighted by Crippen LogP contribution is 2.28. The van der Waals surface area contributed by atoms with Crippen LogP contribution in [0.25, 0.3) is 11.0 Å². The normalized spacial score (nSPS) is 10.8. The lowest BCUT2D eigenvalue weighted by Crippen LogP contribution is -2.00. The molecule has 4 aromatic rings. The van der Waals surface area contributed by atoms with E-state index in [2.05, 4.69) is 32.4 Å². The zero-order valence-electron chi connectivity index (χ0n) is 13.8. The van der Waals surface area contributed by atoms with E-state index in [4.69, 9.17) is 5.11 Å². The molecule has 6 nitrogen and oxygen atoms in total. The number of rotatable bonds is 5. The Kier molecular flexibility index (Phi) is 4.07. The van der Waals surface area contributed by atoms with Crippen molar-refractivity contribution < 1.29 is 9.90 Å². The molecule has 0 fully saturated rings. The Hall–Kier alpha value is -3.67. The molecule has 0 amide bonds. The summed E-state index contributed by atoms with van der Waals surface area (Å²) in [7, 11) is 0. The van der Waals surface area contributed by atoms with Gasteiger partial charge in [-0.3, -0.25) is 0 Å². The van der Waals surface area contributed by atoms with Gasteiger partial charge in [-0.1, -0.05) is 36.4 Å². The van der Waals surface area contributed by atoms with Crippen molar-refractivity contribution in [2.75, 3.05) is 5.32 Å². The number of benzene rings is 2. The smallest absolute Gasteiger partial charge is 0.335 e. The first-order chi connectivity index (χ1) is 12.7. The summed E-state index contributed by atoms with van der Waals surface area (Å²) in [6.45, 7) is 0. The van der Waals surface area contributed by atoms with E-state index in [1.807, 2.05) is 30.5 Å². The Morgan fingerprint density at radius 1 is 1.08 bits per heavy atom. The van der Waals surface area contributed by atoms with E-state index in [-0.39, 0.29) is 5.56 Å². The summed E-state index contributed by atoms with van der Waals surface area (Å²) in [5, 5.41) is 13.3. The Morgan fingerprint density at radius 2 is 1.92 bits per heavy atom. The van der Waals surface area contributed by atoms with Crippen LogP contribution in [-0.4, -0.2) is 26.0 Å². The number of hydrogen-bond acceptors (Lipinski definition) is 4. The Balaban J connectivity index is 1.72. The van der Waals surface area contributed by atoms with Crippen LogP contribution in [0.1, 0.15) is 21.5 Å². The topological polar surface area (TPSA) is 90.9 Å². The number of carbonyl (C=O) groups is 1. The summed E-state index contributed by atoms with van der Waals surface area (Å²) >= 11 is 0. The SMILES string of the molecule is O=C(O)c1cccc(Nc2ncnc3[nH]cc(Cc4ccccc4)c23)c1. The van der Waals surface area contributed by atoms with Gasteiger partial charge in [-0.25, -0.2) is 14.8 Å². The van der Waals surface area contributed by atoms with Gasteiger partial charge >= 0.3 is 5.97 Å². The quantitative estimate of drug-likeness (QED) is 0.509. The van der Waals surface area contributed by atoms with Gasteiger partial charge in [-0.2, -0.15) is 0 Å². The summed E-state index contributed by atoms with van der Waals surface area (Å²) in [5.74, 6) is -0.322. The molecule has 0 aliphatic heterocycles. The lowest BCUT2D eigenvalue weighted by molar-refractivity contribution is 0.0697. The molecule has 0 bridgehead atoms. The second-order valence-electron chi connectivity index (χ2n) is 5.93. The summed E-state index contributed by atoms with van der Waals surface area (Å²) in [6.07, 6.45) is 4.16. The van der Waals surface area contributed by atoms with E-state index in [9.17, 15) is 4.79 Å². The van der Waals surface area contributed by atoms with Crippen LogP contribution < -0.4 is 5.32 Å². The van der Waals surface area contributed by atoms with Crippen LogP contribution in [-0.2, 0) is 6.42 Å². The first kappa shape index (κ1) is 15.8. The molecule has 2 aromatic heterocycles. The Bertz CT molecular complexity index is 1070. The average molecular weight is 344 g/mol. The second kappa shape index (κ2) is 6.68. The number of aromatic amines is 1. The van der Waals surface area contributed by atoms with Crippen LogP contribution in [0, 0.1) is 0 Å². The van der Waals surface area contributed by atoms with E-state index in [1.165, 1.54) is 11.9 Å². The molecule has 4 rings (SSSR count). The summed E-state index contributed by atoms with van der Waals surface area (Å²) < 4.78 is 0. The van der Waals surface area contributed by atoms with Crippen LogP contribution in [0.2, 0.25) is 0 Å². The molecule has 6 heteroatoms. The van der Waals surface area contributed by atoms with Gasteiger partial charge in [0.15, 0.2) is 0 Å². The third-order valence-electron chi connectivity index (χ3n) is 4.16. The lowest BCUT2D eigenvalue weighted by Gasteiger charge is -2.09. The van der Waals surface area contributed by atoms with Gasteiger partial charge in [0.05, 0.1) is 10.9 Å². The van der Waals surface area contributed by atoms with Gasteiger partial charge in [0, 0.05) is 11.9 Å². The lowest BCUT2D eigenvalue weighted by atomic mass is 10.1. The van der Waals surface area contributed by atoms with Crippen molar-refractivity contribution in [2.24, 2.45) is 0 Å². The highest BCUT2D eigenvalue weighted by molar-refractivity contribution is 5.93. The molecule has 26 heavy (non-hydrogen) atoms. The van der Waals surface area contributed by atoms with Crippen molar-refractivity contribution in [3.63, 3.8) is 0 Å². The van der Waals surface area contributed by atoms with Gasteiger partial charge in [0.2, 0.25) is 0 Å². The number of fused-ring (bicyclic) bond motifs is 1. The number of H-pyrrole nitrogens is 1. The van der Waals surface area contributed by atoms with Gasteiger partial charge in [0.25, 0.3) is 0 Å². The maximum Gasteiger partial charge on any atom is 0.335 e. The molecule has 0 aliphatic rings. The fourth-order valence-corrected chi connectivity index (χ4v) is 2.94. The summed E-state index contributed by atoms with van der Waals surface area (Å²) in [5.41, 5.74) is 3.89. The van der Waals surface area contributed by atoms with Gasteiger partial charge in [0.1, 0.15) is 17.8 Å². The highest BCUT2D eigenvalue weighted by Gasteiger charge is 2.12. The number of aromatic nitrogens is 3. The number of anilines is 2. The van der Waals surface area contributed by atoms with E-state index in [0.29, 0.717) is 11.5 Å². The molecular weight excluding hydrogens is 328 g/mol. The van der Waals surface area contributed by atoms with E-state index in [0.717, 1.165) is 23.0 Å². The number of hydrogen-bond donors (Lipinski definition) is 3. The van der Waals surface area contributed by atoms with Gasteiger partial charge in [-0.05, 0) is 35.7 Å². The number of nitrogens with zero attached hydrogens (tertiary/aromatic N) is 2. The fourth-order valence-electron chi connectivity index (χ4n) is 2.94. The number of nitrogens with one attached hydrogen (secondary N) is 2. The molecule has 3 N–H and O–H groups in total. The number of carboxylic acid groups (broad SMARTS) is 1. The van der Waals surface area contributed by atoms with Crippen LogP contribution >= 0.6 is 0 Å². The van der Waals surface area contributed by atoms with Crippen molar-refractivity contribution in [3.8, 4) is 0 Å². The fraction of sp³-hybridized carbons (Fsp3) is 0.0500. The largest absolute Gasteiger partial charge is 0.478 e. The molecule has 128 valence electrons. The van der Waals surface area contributed by atoms with Crippen LogP contribution in [0.3, 0.4) is 0 Å². The predicted molar refractivity (Wildman–Crippen MR) is 99.8 cm³/mol. The predicted octanol–water partition coefficient (Wildman–Crippen LogP) is 3.99. The Morgan fingerprint density at radius 3 is 2.73 bits per heavy atom. The minimum atomic E-state index is -0.965. The molecule has 0 unspecified atom stereocenters. The molecule has 0 atom stereocenters. The minimum Gasteiger partial charge on any atom is -0.478 e. The third-order valence-corrected chi connectivity index (χ3v) is 4.16. The molecule has 0 radical (unpaired) electrons. The highest BCUT2D eigenvalue weighted by atomic mass is 16.4. The second-order valence-corrected chi connectivity index (χ2v) is 5.93. The first-order valence-electron chi connectivity index (χ1n) is 8.16. The van der Waals surface area contributed by atoms with Gasteiger partial charge < -0.3 is 15.4 Å². The van der Waals surface area contributed by atoms with Crippen LogP contribution in [0.15, 0.2) is 67.1 Å². The van der Waals surface area contributed by atoms with Crippen LogP contribution in [0.5, 0.6) is 0 Å². The summed E-state index contributed by atoms with van der Waals surface area (Å²) in [4.78, 5) is 23.0. The van der Waals surface area contributed by atoms with Crippen molar-refractivity contribution in [1.29, 1.82) is 0 Å². The molecular formula is C20H16N4O2. The molecule has 2 heterocycles. The zero-order chi connectivity index (χ0) is 17.9. The maximum atomic E-state index is 11.2. The first-order valence-corrected chi connectivity index (χ1v) is 8.16. The monoisotopic (exact) mass is 344 g/mol. The van der Waals surface area contributed by atoms with Crippen molar-refractivity contribution >= 4 is 28.5 Å². The van der Waals surface area contributed by atoms with Gasteiger partial charge in [-0.15, -0.1) is 0 Å². The minimum absolute atomic E-state index is 0.221. The molecule has 2 aromatic carbocycles.